The number of aliphatic hydroxyl groups is 2. The lowest BCUT2D eigenvalue weighted by atomic mass is 9.44. The minimum atomic E-state index is -0.831. The number of fused-ring (bicyclic) bond motifs is 5. The van der Waals surface area contributed by atoms with Gasteiger partial charge in [-0.05, 0) is 63.4 Å². The van der Waals surface area contributed by atoms with Crippen molar-refractivity contribution in [1.29, 1.82) is 0 Å². The average Bonchev–Trinajstić information content (AvgIpc) is 2.81. The van der Waals surface area contributed by atoms with Gasteiger partial charge in [0.25, 0.3) is 0 Å². The van der Waals surface area contributed by atoms with Gasteiger partial charge in [-0.25, -0.2) is 0 Å². The number of hydrogen-bond acceptors (Lipinski definition) is 4. The van der Waals surface area contributed by atoms with Gasteiger partial charge in [0.2, 0.25) is 0 Å². The first-order valence-corrected chi connectivity index (χ1v) is 9.79. The highest BCUT2D eigenvalue weighted by Crippen LogP contribution is 2.68. The summed E-state index contributed by atoms with van der Waals surface area (Å²) in [6.45, 7) is 5.86. The Kier molecular flexibility index (Phi) is 3.66. The second-order valence-electron chi connectivity index (χ2n) is 9.47. The number of Topliss-reactive ketones (excluding diaryl/α,β-unsaturated/α-hetero) is 1. The maximum Gasteiger partial charge on any atom is 0.158 e. The van der Waals surface area contributed by atoms with Gasteiger partial charge in [-0.3, -0.25) is 9.59 Å². The molecule has 1 unspecified atom stereocenters. The second kappa shape index (κ2) is 5.26. The third-order valence-electron chi connectivity index (χ3n) is 8.75. The second-order valence-corrected chi connectivity index (χ2v) is 9.47. The summed E-state index contributed by atoms with van der Waals surface area (Å²) in [6.07, 6.45) is 6.08. The van der Waals surface area contributed by atoms with E-state index in [9.17, 15) is 19.8 Å². The molecule has 7 atom stereocenters. The van der Waals surface area contributed by atoms with Crippen molar-refractivity contribution in [3.05, 3.63) is 11.6 Å². The molecule has 0 bridgehead atoms. The zero-order valence-corrected chi connectivity index (χ0v) is 15.5. The van der Waals surface area contributed by atoms with Gasteiger partial charge < -0.3 is 10.2 Å². The summed E-state index contributed by atoms with van der Waals surface area (Å²) in [5, 5.41) is 22.6. The Hall–Kier alpha value is -1.00. The molecule has 4 nitrogen and oxygen atoms in total. The SMILES string of the molecule is CC(=O)[C@H]1CC[C@@]2(O)[C@@H]3CCC4=CC(=O)CC(O)[C@]4(C)[C@H]3CC[C@]12C. The zero-order chi connectivity index (χ0) is 18.2. The third kappa shape index (κ3) is 2.01. The van der Waals surface area contributed by atoms with Crippen molar-refractivity contribution in [2.75, 3.05) is 0 Å². The summed E-state index contributed by atoms with van der Waals surface area (Å²) in [7, 11) is 0. The molecule has 4 heteroatoms. The summed E-state index contributed by atoms with van der Waals surface area (Å²) in [6, 6.07) is 0. The van der Waals surface area contributed by atoms with E-state index in [4.69, 9.17) is 0 Å². The Morgan fingerprint density at radius 2 is 1.88 bits per heavy atom. The first kappa shape index (κ1) is 17.4. The van der Waals surface area contributed by atoms with E-state index in [0.29, 0.717) is 6.42 Å². The normalized spacial score (nSPS) is 52.0. The Labute approximate surface area is 149 Å². The first-order chi connectivity index (χ1) is 11.6. The van der Waals surface area contributed by atoms with Crippen LogP contribution in [0, 0.1) is 28.6 Å². The van der Waals surface area contributed by atoms with Gasteiger partial charge in [-0.15, -0.1) is 0 Å². The van der Waals surface area contributed by atoms with Crippen LogP contribution >= 0.6 is 0 Å². The Morgan fingerprint density at radius 1 is 1.16 bits per heavy atom. The lowest BCUT2D eigenvalue weighted by Crippen LogP contribution is -2.63. The maximum absolute atomic E-state index is 12.2. The standard InChI is InChI=1S/C21H30O4/c1-12(22)15-7-9-21(25)17-5-4-13-10-14(23)11-18(24)20(13,3)16(17)6-8-19(15,21)2/h10,15-18,24-25H,4-9,11H2,1-3H3/t15-,16+,17-,18?,19-,20+,21-/m1/s1. The molecule has 0 heterocycles. The molecule has 4 aliphatic rings. The van der Waals surface area contributed by atoms with Gasteiger partial charge in [0.1, 0.15) is 5.78 Å². The van der Waals surface area contributed by atoms with Gasteiger partial charge in [0.15, 0.2) is 5.78 Å². The molecule has 0 amide bonds. The monoisotopic (exact) mass is 346 g/mol. The molecule has 2 N–H and O–H groups in total. The number of aliphatic hydroxyl groups excluding tert-OH is 1. The highest BCUT2D eigenvalue weighted by atomic mass is 16.3. The van der Waals surface area contributed by atoms with Crippen LogP contribution in [0.5, 0.6) is 0 Å². The highest BCUT2D eigenvalue weighted by Gasteiger charge is 2.68. The predicted molar refractivity (Wildman–Crippen MR) is 93.7 cm³/mol. The maximum atomic E-state index is 12.2. The van der Waals surface area contributed by atoms with Crippen LogP contribution in [-0.2, 0) is 9.59 Å². The molecule has 3 saturated carbocycles. The Morgan fingerprint density at radius 3 is 2.56 bits per heavy atom. The van der Waals surface area contributed by atoms with Crippen molar-refractivity contribution in [3.63, 3.8) is 0 Å². The van der Waals surface area contributed by atoms with Crippen molar-refractivity contribution in [2.24, 2.45) is 28.6 Å². The fourth-order valence-corrected chi connectivity index (χ4v) is 7.23. The minimum absolute atomic E-state index is 0.0234. The molecule has 4 aliphatic carbocycles. The minimum Gasteiger partial charge on any atom is -0.392 e. The molecule has 0 aromatic heterocycles. The number of carbonyl (C=O) groups is 2. The van der Waals surface area contributed by atoms with Crippen LogP contribution in [0.3, 0.4) is 0 Å². The van der Waals surface area contributed by atoms with Crippen molar-refractivity contribution < 1.29 is 19.8 Å². The summed E-state index contributed by atoms with van der Waals surface area (Å²) < 4.78 is 0. The number of carbonyl (C=O) groups excluding carboxylic acids is 2. The summed E-state index contributed by atoms with van der Waals surface area (Å²) in [5.41, 5.74) is -0.525. The highest BCUT2D eigenvalue weighted by molar-refractivity contribution is 5.92. The van der Waals surface area contributed by atoms with Crippen LogP contribution in [0.25, 0.3) is 0 Å². The quantitative estimate of drug-likeness (QED) is 0.766. The zero-order valence-electron chi connectivity index (χ0n) is 15.5. The molecule has 0 aliphatic heterocycles. The molecule has 138 valence electrons. The lowest BCUT2D eigenvalue weighted by Gasteiger charge is -2.62. The summed E-state index contributed by atoms with van der Waals surface area (Å²) in [5.74, 6) is 0.444. The van der Waals surface area contributed by atoms with E-state index >= 15 is 0 Å². The smallest absolute Gasteiger partial charge is 0.158 e. The van der Waals surface area contributed by atoms with Crippen molar-refractivity contribution >= 4 is 11.6 Å². The first-order valence-electron chi connectivity index (χ1n) is 9.79. The molecule has 0 aromatic rings. The van der Waals surface area contributed by atoms with Crippen LogP contribution in [0.15, 0.2) is 11.6 Å². The fourth-order valence-electron chi connectivity index (χ4n) is 7.23. The number of hydrogen-bond donors (Lipinski definition) is 2. The van der Waals surface area contributed by atoms with E-state index in [1.165, 1.54) is 0 Å². The number of rotatable bonds is 1. The molecule has 0 spiro atoms. The van der Waals surface area contributed by atoms with Crippen LogP contribution in [-0.4, -0.2) is 33.5 Å². The number of ketones is 2. The van der Waals surface area contributed by atoms with E-state index in [0.717, 1.165) is 37.7 Å². The van der Waals surface area contributed by atoms with E-state index in [-0.39, 0.29) is 41.2 Å². The lowest BCUT2D eigenvalue weighted by molar-refractivity contribution is -0.195. The molecule has 3 fully saturated rings. The summed E-state index contributed by atoms with van der Waals surface area (Å²) in [4.78, 5) is 24.1. The van der Waals surface area contributed by atoms with Crippen LogP contribution in [0.2, 0.25) is 0 Å². The van der Waals surface area contributed by atoms with E-state index < -0.39 is 17.1 Å². The Balaban J connectivity index is 1.76. The van der Waals surface area contributed by atoms with Crippen molar-refractivity contribution in [3.8, 4) is 0 Å². The summed E-state index contributed by atoms with van der Waals surface area (Å²) >= 11 is 0. The fraction of sp³-hybridized carbons (Fsp3) is 0.810. The van der Waals surface area contributed by atoms with Gasteiger partial charge in [0.05, 0.1) is 11.7 Å². The van der Waals surface area contributed by atoms with Crippen LogP contribution in [0.4, 0.5) is 0 Å². The average molecular weight is 346 g/mol. The van der Waals surface area contributed by atoms with E-state index in [1.54, 1.807) is 13.0 Å². The van der Waals surface area contributed by atoms with E-state index in [2.05, 4.69) is 13.8 Å². The van der Waals surface area contributed by atoms with Crippen LogP contribution < -0.4 is 0 Å². The predicted octanol–water partition coefficient (Wildman–Crippen LogP) is 2.81. The molecule has 0 saturated heterocycles. The molecular weight excluding hydrogens is 316 g/mol. The van der Waals surface area contributed by atoms with Crippen molar-refractivity contribution in [2.45, 2.75) is 77.4 Å². The third-order valence-corrected chi connectivity index (χ3v) is 8.75. The Bertz CT molecular complexity index is 667. The molecule has 0 radical (unpaired) electrons. The molecular formula is C21H30O4. The van der Waals surface area contributed by atoms with Gasteiger partial charge >= 0.3 is 0 Å². The van der Waals surface area contributed by atoms with E-state index in [1.807, 2.05) is 0 Å². The topological polar surface area (TPSA) is 74.6 Å². The molecule has 0 aromatic carbocycles. The largest absolute Gasteiger partial charge is 0.392 e. The van der Waals surface area contributed by atoms with Gasteiger partial charge in [0, 0.05) is 23.2 Å². The van der Waals surface area contributed by atoms with Gasteiger partial charge in [-0.1, -0.05) is 19.4 Å². The molecule has 25 heavy (non-hydrogen) atoms. The van der Waals surface area contributed by atoms with Crippen molar-refractivity contribution in [1.82, 2.24) is 0 Å². The van der Waals surface area contributed by atoms with Gasteiger partial charge in [-0.2, -0.15) is 0 Å². The van der Waals surface area contributed by atoms with Crippen LogP contribution in [0.1, 0.15) is 65.7 Å². The molecule has 4 rings (SSSR count).